The number of nitrogens with one attached hydrogen (secondary N) is 2. The summed E-state index contributed by atoms with van der Waals surface area (Å²) < 4.78 is 16.4. The predicted octanol–water partition coefficient (Wildman–Crippen LogP) is 3.16. The molecule has 8 nitrogen and oxygen atoms in total. The lowest BCUT2D eigenvalue weighted by molar-refractivity contribution is -0.121. The Hall–Kier alpha value is -3.10. The van der Waals surface area contributed by atoms with Crippen LogP contribution in [0, 0.1) is 0 Å². The van der Waals surface area contributed by atoms with E-state index in [0.29, 0.717) is 24.7 Å². The highest BCUT2D eigenvalue weighted by Gasteiger charge is 2.16. The standard InChI is InChI=1S/C22H29N3O5/c1-22(2,3)30-21(27)25-18-8-10-19(11-9-18)29-14-17-6-4-16(5-7-17)13-28-15-24-20(26)12-23/h4-11H,12-15,23H2,1-3H3,(H,24,26)(H,25,27). The fourth-order valence-electron chi connectivity index (χ4n) is 2.33. The van der Waals surface area contributed by atoms with Gasteiger partial charge in [-0.15, -0.1) is 0 Å². The van der Waals surface area contributed by atoms with E-state index in [1.807, 2.05) is 45.0 Å². The van der Waals surface area contributed by atoms with Gasteiger partial charge in [-0.1, -0.05) is 24.3 Å². The molecule has 8 heteroatoms. The molecule has 0 spiro atoms. The smallest absolute Gasteiger partial charge is 0.412 e. The van der Waals surface area contributed by atoms with Crippen LogP contribution in [-0.4, -0.2) is 30.9 Å². The van der Waals surface area contributed by atoms with Crippen molar-refractivity contribution in [2.75, 3.05) is 18.6 Å². The van der Waals surface area contributed by atoms with Gasteiger partial charge in [0.2, 0.25) is 5.91 Å². The molecule has 0 aliphatic heterocycles. The molecule has 0 heterocycles. The third-order valence-electron chi connectivity index (χ3n) is 3.75. The summed E-state index contributed by atoms with van der Waals surface area (Å²) in [5, 5.41) is 5.22. The van der Waals surface area contributed by atoms with Crippen molar-refractivity contribution >= 4 is 17.7 Å². The molecule has 0 atom stereocenters. The maximum absolute atomic E-state index is 11.8. The lowest BCUT2D eigenvalue weighted by Crippen LogP contribution is -2.31. The van der Waals surface area contributed by atoms with Crippen LogP contribution in [0.25, 0.3) is 0 Å². The van der Waals surface area contributed by atoms with Crippen molar-refractivity contribution in [3.05, 3.63) is 59.7 Å². The van der Waals surface area contributed by atoms with Crippen LogP contribution >= 0.6 is 0 Å². The highest BCUT2D eigenvalue weighted by Crippen LogP contribution is 2.18. The van der Waals surface area contributed by atoms with Crippen LogP contribution in [0.3, 0.4) is 0 Å². The lowest BCUT2D eigenvalue weighted by Gasteiger charge is -2.19. The van der Waals surface area contributed by atoms with Crippen LogP contribution in [0.2, 0.25) is 0 Å². The normalized spacial score (nSPS) is 10.9. The Kier molecular flexibility index (Phi) is 8.64. The first kappa shape index (κ1) is 23.2. The molecule has 0 bridgehead atoms. The van der Waals surface area contributed by atoms with E-state index in [2.05, 4.69) is 10.6 Å². The van der Waals surface area contributed by atoms with Gasteiger partial charge < -0.3 is 25.3 Å². The van der Waals surface area contributed by atoms with Gasteiger partial charge in [0, 0.05) is 5.69 Å². The van der Waals surface area contributed by atoms with Gasteiger partial charge in [-0.25, -0.2) is 4.79 Å². The first-order chi connectivity index (χ1) is 14.2. The molecule has 2 amide bonds. The zero-order valence-electron chi connectivity index (χ0n) is 17.6. The zero-order valence-corrected chi connectivity index (χ0v) is 17.6. The van der Waals surface area contributed by atoms with Gasteiger partial charge in [0.05, 0.1) is 13.2 Å². The molecule has 2 aromatic rings. The molecule has 0 aliphatic rings. The molecule has 0 unspecified atom stereocenters. The summed E-state index contributed by atoms with van der Waals surface area (Å²) in [6.07, 6.45) is -0.498. The molecule has 0 saturated carbocycles. The fourth-order valence-corrected chi connectivity index (χ4v) is 2.33. The number of carbonyl (C=O) groups is 2. The van der Waals surface area contributed by atoms with Crippen LogP contribution in [0.15, 0.2) is 48.5 Å². The minimum absolute atomic E-state index is 0.0545. The molecule has 0 fully saturated rings. The second-order valence-corrected chi connectivity index (χ2v) is 7.55. The number of amides is 2. The molecule has 0 aliphatic carbocycles. The van der Waals surface area contributed by atoms with Crippen molar-refractivity contribution in [3.63, 3.8) is 0 Å². The van der Waals surface area contributed by atoms with Gasteiger partial charge in [0.25, 0.3) is 0 Å². The molecule has 162 valence electrons. The molecular formula is C22H29N3O5. The van der Waals surface area contributed by atoms with Crippen molar-refractivity contribution in [2.24, 2.45) is 5.73 Å². The van der Waals surface area contributed by atoms with E-state index < -0.39 is 11.7 Å². The predicted molar refractivity (Wildman–Crippen MR) is 114 cm³/mol. The van der Waals surface area contributed by atoms with E-state index in [-0.39, 0.29) is 19.2 Å². The Labute approximate surface area is 176 Å². The van der Waals surface area contributed by atoms with Crippen LogP contribution in [0.5, 0.6) is 5.75 Å². The topological polar surface area (TPSA) is 112 Å². The second-order valence-electron chi connectivity index (χ2n) is 7.55. The maximum atomic E-state index is 11.8. The number of hydrogen-bond donors (Lipinski definition) is 3. The van der Waals surface area contributed by atoms with Gasteiger partial charge in [0.15, 0.2) is 0 Å². The summed E-state index contributed by atoms with van der Waals surface area (Å²) in [7, 11) is 0. The van der Waals surface area contributed by atoms with Gasteiger partial charge >= 0.3 is 6.09 Å². The summed E-state index contributed by atoms with van der Waals surface area (Å²) >= 11 is 0. The largest absolute Gasteiger partial charge is 0.489 e. The Balaban J connectivity index is 1.75. The van der Waals surface area contributed by atoms with Gasteiger partial charge in [-0.2, -0.15) is 0 Å². The highest BCUT2D eigenvalue weighted by molar-refractivity contribution is 5.84. The molecule has 0 saturated heterocycles. The van der Waals surface area contributed by atoms with Crippen molar-refractivity contribution in [3.8, 4) is 5.75 Å². The Morgan fingerprint density at radius 3 is 2.10 bits per heavy atom. The first-order valence-corrected chi connectivity index (χ1v) is 9.60. The van der Waals surface area contributed by atoms with Gasteiger partial charge in [0.1, 0.15) is 24.7 Å². The molecule has 0 radical (unpaired) electrons. The molecule has 2 rings (SSSR count). The minimum atomic E-state index is -0.546. The van der Waals surface area contributed by atoms with E-state index in [4.69, 9.17) is 19.9 Å². The van der Waals surface area contributed by atoms with Gasteiger partial charge in [-0.3, -0.25) is 10.1 Å². The third kappa shape index (κ3) is 8.93. The number of hydrogen-bond acceptors (Lipinski definition) is 6. The summed E-state index contributed by atoms with van der Waals surface area (Å²) in [6.45, 7) is 6.30. The van der Waals surface area contributed by atoms with Crippen molar-refractivity contribution in [2.45, 2.75) is 39.6 Å². The molecule has 2 aromatic carbocycles. The number of ether oxygens (including phenoxy) is 3. The monoisotopic (exact) mass is 415 g/mol. The summed E-state index contributed by atoms with van der Waals surface area (Å²) in [6, 6.07) is 14.9. The third-order valence-corrected chi connectivity index (χ3v) is 3.75. The molecular weight excluding hydrogens is 386 g/mol. The second kappa shape index (κ2) is 11.2. The van der Waals surface area contributed by atoms with Crippen LogP contribution in [-0.2, 0) is 27.5 Å². The Morgan fingerprint density at radius 2 is 1.53 bits per heavy atom. The summed E-state index contributed by atoms with van der Waals surface area (Å²) in [5.74, 6) is 0.434. The lowest BCUT2D eigenvalue weighted by atomic mass is 10.1. The van der Waals surface area contributed by atoms with E-state index in [0.717, 1.165) is 11.1 Å². The number of nitrogens with two attached hydrogens (primary N) is 1. The van der Waals surface area contributed by atoms with E-state index in [1.54, 1.807) is 24.3 Å². The molecule has 4 N–H and O–H groups in total. The van der Waals surface area contributed by atoms with Crippen molar-refractivity contribution in [1.29, 1.82) is 0 Å². The average molecular weight is 415 g/mol. The van der Waals surface area contributed by atoms with E-state index in [9.17, 15) is 9.59 Å². The first-order valence-electron chi connectivity index (χ1n) is 9.60. The highest BCUT2D eigenvalue weighted by atomic mass is 16.6. The zero-order chi connectivity index (χ0) is 22.0. The molecule has 0 aromatic heterocycles. The summed E-state index contributed by atoms with van der Waals surface area (Å²) in [4.78, 5) is 22.8. The van der Waals surface area contributed by atoms with Crippen molar-refractivity contribution in [1.82, 2.24) is 5.32 Å². The number of anilines is 1. The van der Waals surface area contributed by atoms with Crippen molar-refractivity contribution < 1.29 is 23.8 Å². The Morgan fingerprint density at radius 1 is 0.933 bits per heavy atom. The van der Waals surface area contributed by atoms with Crippen LogP contribution in [0.4, 0.5) is 10.5 Å². The van der Waals surface area contributed by atoms with E-state index in [1.165, 1.54) is 0 Å². The average Bonchev–Trinajstić information content (AvgIpc) is 2.70. The minimum Gasteiger partial charge on any atom is -0.489 e. The molecule has 30 heavy (non-hydrogen) atoms. The maximum Gasteiger partial charge on any atom is 0.412 e. The number of carbonyl (C=O) groups excluding carboxylic acids is 2. The van der Waals surface area contributed by atoms with E-state index >= 15 is 0 Å². The summed E-state index contributed by atoms with van der Waals surface area (Å²) in [5.41, 5.74) is 7.27. The Bertz CT molecular complexity index is 814. The van der Waals surface area contributed by atoms with Crippen LogP contribution in [0.1, 0.15) is 31.9 Å². The number of benzene rings is 2. The van der Waals surface area contributed by atoms with Gasteiger partial charge in [-0.05, 0) is 56.2 Å². The SMILES string of the molecule is CC(C)(C)OC(=O)Nc1ccc(OCc2ccc(COCNC(=O)CN)cc2)cc1. The van der Waals surface area contributed by atoms with Crippen LogP contribution < -0.4 is 21.1 Å². The quantitative estimate of drug-likeness (QED) is 0.428. The number of rotatable bonds is 9. The fraction of sp³-hybridized carbons (Fsp3) is 0.364.